The van der Waals surface area contributed by atoms with Gasteiger partial charge in [0.2, 0.25) is 10.0 Å². The van der Waals surface area contributed by atoms with Crippen LogP contribution in [0.5, 0.6) is 0 Å². The molecule has 0 aliphatic heterocycles. The second kappa shape index (κ2) is 5.78. The molecule has 0 heterocycles. The van der Waals surface area contributed by atoms with Crippen LogP contribution in [0.25, 0.3) is 0 Å². The SMILES string of the molecule is Cc1ccc(S(=O)(=O)N(C)[C@@H]2C(=O)[C@H]3CCCCC[C@H]32)cc1. The van der Waals surface area contributed by atoms with Gasteiger partial charge >= 0.3 is 0 Å². The van der Waals surface area contributed by atoms with E-state index in [9.17, 15) is 13.2 Å². The molecule has 1 aromatic carbocycles. The van der Waals surface area contributed by atoms with Crippen LogP contribution in [0, 0.1) is 18.8 Å². The van der Waals surface area contributed by atoms with Crippen molar-refractivity contribution in [1.29, 1.82) is 0 Å². The third-order valence-electron chi connectivity index (χ3n) is 5.22. The number of nitrogens with zero attached hydrogens (tertiary/aromatic N) is 1. The van der Waals surface area contributed by atoms with Crippen LogP contribution in [-0.4, -0.2) is 31.6 Å². The van der Waals surface area contributed by atoms with E-state index in [1.807, 2.05) is 6.92 Å². The zero-order valence-corrected chi connectivity index (χ0v) is 14.0. The summed E-state index contributed by atoms with van der Waals surface area (Å²) in [7, 11) is -2.04. The van der Waals surface area contributed by atoms with Gasteiger partial charge in [0.1, 0.15) is 0 Å². The largest absolute Gasteiger partial charge is 0.298 e. The van der Waals surface area contributed by atoms with E-state index in [1.165, 1.54) is 4.31 Å². The number of sulfonamides is 1. The fourth-order valence-corrected chi connectivity index (χ4v) is 5.23. The van der Waals surface area contributed by atoms with Crippen LogP contribution < -0.4 is 0 Å². The lowest BCUT2D eigenvalue weighted by Crippen LogP contribution is -2.60. The van der Waals surface area contributed by atoms with E-state index in [0.717, 1.165) is 37.7 Å². The van der Waals surface area contributed by atoms with Gasteiger partial charge in [0.05, 0.1) is 10.9 Å². The molecule has 5 heteroatoms. The van der Waals surface area contributed by atoms with Gasteiger partial charge in [-0.05, 0) is 37.8 Å². The molecule has 0 saturated heterocycles. The molecule has 2 aliphatic rings. The summed E-state index contributed by atoms with van der Waals surface area (Å²) in [6.45, 7) is 1.92. The first-order valence-electron chi connectivity index (χ1n) is 8.01. The van der Waals surface area contributed by atoms with Crippen molar-refractivity contribution in [3.8, 4) is 0 Å². The van der Waals surface area contributed by atoms with E-state index in [1.54, 1.807) is 31.3 Å². The lowest BCUT2D eigenvalue weighted by molar-refractivity contribution is -0.142. The summed E-state index contributed by atoms with van der Waals surface area (Å²) in [5, 5.41) is 0. The molecule has 1 aromatic rings. The van der Waals surface area contributed by atoms with E-state index in [-0.39, 0.29) is 22.5 Å². The van der Waals surface area contributed by atoms with Gasteiger partial charge in [0, 0.05) is 13.0 Å². The maximum absolute atomic E-state index is 12.8. The van der Waals surface area contributed by atoms with Gasteiger partial charge in [-0.15, -0.1) is 0 Å². The number of aryl methyl sites for hydroxylation is 1. The van der Waals surface area contributed by atoms with E-state index >= 15 is 0 Å². The molecule has 120 valence electrons. The summed E-state index contributed by atoms with van der Waals surface area (Å²) in [5.41, 5.74) is 1.02. The fraction of sp³-hybridized carbons (Fsp3) is 0.588. The van der Waals surface area contributed by atoms with Crippen molar-refractivity contribution in [2.75, 3.05) is 7.05 Å². The smallest absolute Gasteiger partial charge is 0.243 e. The minimum Gasteiger partial charge on any atom is -0.298 e. The van der Waals surface area contributed by atoms with Crippen LogP contribution in [0.15, 0.2) is 29.2 Å². The second-order valence-corrected chi connectivity index (χ2v) is 8.59. The molecule has 0 radical (unpaired) electrons. The normalized spacial score (nSPS) is 28.9. The first kappa shape index (κ1) is 15.7. The van der Waals surface area contributed by atoms with Gasteiger partial charge in [-0.1, -0.05) is 37.0 Å². The number of hydrogen-bond acceptors (Lipinski definition) is 3. The minimum atomic E-state index is -3.60. The maximum atomic E-state index is 12.8. The van der Waals surface area contributed by atoms with Gasteiger partial charge in [0.25, 0.3) is 0 Å². The number of hydrogen-bond donors (Lipinski definition) is 0. The zero-order valence-electron chi connectivity index (χ0n) is 13.2. The summed E-state index contributed by atoms with van der Waals surface area (Å²) in [6.07, 6.45) is 5.24. The van der Waals surface area contributed by atoms with Crippen LogP contribution >= 0.6 is 0 Å². The predicted molar refractivity (Wildman–Crippen MR) is 85.0 cm³/mol. The van der Waals surface area contributed by atoms with Crippen LogP contribution in [-0.2, 0) is 14.8 Å². The Labute approximate surface area is 132 Å². The molecule has 3 rings (SSSR count). The van der Waals surface area contributed by atoms with Crippen molar-refractivity contribution in [3.63, 3.8) is 0 Å². The molecule has 2 saturated carbocycles. The number of benzene rings is 1. The lowest BCUT2D eigenvalue weighted by atomic mass is 9.65. The molecular weight excluding hydrogens is 298 g/mol. The molecule has 0 unspecified atom stereocenters. The van der Waals surface area contributed by atoms with Crippen LogP contribution in [0.2, 0.25) is 0 Å². The van der Waals surface area contributed by atoms with Gasteiger partial charge < -0.3 is 0 Å². The zero-order chi connectivity index (χ0) is 15.9. The number of ketones is 1. The molecule has 0 N–H and O–H groups in total. The highest BCUT2D eigenvalue weighted by molar-refractivity contribution is 7.89. The van der Waals surface area contributed by atoms with Gasteiger partial charge in [-0.3, -0.25) is 4.79 Å². The number of rotatable bonds is 3. The van der Waals surface area contributed by atoms with Crippen molar-refractivity contribution in [1.82, 2.24) is 4.31 Å². The molecule has 3 atom stereocenters. The average Bonchev–Trinajstić information content (AvgIpc) is 2.70. The topological polar surface area (TPSA) is 54.5 Å². The number of carbonyl (C=O) groups excluding carboxylic acids is 1. The van der Waals surface area contributed by atoms with E-state index in [2.05, 4.69) is 0 Å². The Hall–Kier alpha value is -1.20. The third-order valence-corrected chi connectivity index (χ3v) is 7.07. The van der Waals surface area contributed by atoms with Crippen LogP contribution in [0.1, 0.15) is 37.7 Å². The summed E-state index contributed by atoms with van der Waals surface area (Å²) in [5.74, 6) is 0.411. The van der Waals surface area contributed by atoms with E-state index in [4.69, 9.17) is 0 Å². The first-order chi connectivity index (χ1) is 10.4. The van der Waals surface area contributed by atoms with Crippen molar-refractivity contribution < 1.29 is 13.2 Å². The Morgan fingerprint density at radius 3 is 2.36 bits per heavy atom. The molecule has 0 spiro atoms. The van der Waals surface area contributed by atoms with Gasteiger partial charge in [-0.2, -0.15) is 4.31 Å². The van der Waals surface area contributed by atoms with Crippen molar-refractivity contribution in [2.45, 2.75) is 50.0 Å². The molecule has 22 heavy (non-hydrogen) atoms. The minimum absolute atomic E-state index is 0.0863. The Kier molecular flexibility index (Phi) is 4.12. The summed E-state index contributed by atoms with van der Waals surface area (Å²) in [6, 6.07) is 6.36. The molecule has 2 fully saturated rings. The molecule has 0 aromatic heterocycles. The monoisotopic (exact) mass is 321 g/mol. The third kappa shape index (κ3) is 2.50. The second-order valence-electron chi connectivity index (χ2n) is 6.59. The quantitative estimate of drug-likeness (QED) is 0.860. The van der Waals surface area contributed by atoms with Crippen LogP contribution in [0.4, 0.5) is 0 Å². The Bertz CT molecular complexity index is 666. The highest BCUT2D eigenvalue weighted by Gasteiger charge is 2.53. The van der Waals surface area contributed by atoms with E-state index in [0.29, 0.717) is 0 Å². The average molecular weight is 321 g/mol. The predicted octanol–water partition coefficient (Wildman–Crippen LogP) is 2.76. The number of fused-ring (bicyclic) bond motifs is 1. The highest BCUT2D eigenvalue weighted by Crippen LogP contribution is 2.44. The Morgan fingerprint density at radius 2 is 1.68 bits per heavy atom. The summed E-state index contributed by atoms with van der Waals surface area (Å²) < 4.78 is 26.8. The molecule has 2 aliphatic carbocycles. The molecule has 0 bridgehead atoms. The van der Waals surface area contributed by atoms with Gasteiger partial charge in [-0.25, -0.2) is 8.42 Å². The van der Waals surface area contributed by atoms with Crippen LogP contribution in [0.3, 0.4) is 0 Å². The maximum Gasteiger partial charge on any atom is 0.243 e. The van der Waals surface area contributed by atoms with Crippen molar-refractivity contribution in [2.24, 2.45) is 11.8 Å². The fourth-order valence-electron chi connectivity index (χ4n) is 3.85. The van der Waals surface area contributed by atoms with E-state index < -0.39 is 16.1 Å². The standard InChI is InChI=1S/C17H23NO3S/c1-12-8-10-13(11-9-12)22(20,21)18(2)16-14-6-4-3-5-7-15(14)17(16)19/h8-11,14-16H,3-7H2,1-2H3/t14-,15+,16+/m1/s1. The first-order valence-corrected chi connectivity index (χ1v) is 9.45. The number of Topliss-reactive ketones (excluding diaryl/α,β-unsaturated/α-hetero) is 1. The number of carbonyl (C=O) groups is 1. The Balaban J connectivity index is 1.85. The summed E-state index contributed by atoms with van der Waals surface area (Å²) >= 11 is 0. The lowest BCUT2D eigenvalue weighted by Gasteiger charge is -2.46. The highest BCUT2D eigenvalue weighted by atomic mass is 32.2. The number of likely N-dealkylation sites (N-methyl/N-ethyl adjacent to an activating group) is 1. The molecule has 0 amide bonds. The van der Waals surface area contributed by atoms with Crippen molar-refractivity contribution in [3.05, 3.63) is 29.8 Å². The van der Waals surface area contributed by atoms with Gasteiger partial charge in [0.15, 0.2) is 5.78 Å². The van der Waals surface area contributed by atoms with Crippen molar-refractivity contribution >= 4 is 15.8 Å². The molecule has 4 nitrogen and oxygen atoms in total. The molecular formula is C17H23NO3S. The Morgan fingerprint density at radius 1 is 1.05 bits per heavy atom. The summed E-state index contributed by atoms with van der Waals surface area (Å²) in [4.78, 5) is 12.7.